The number of rotatable bonds is 1. The van der Waals surface area contributed by atoms with E-state index in [-0.39, 0.29) is 17.6 Å². The van der Waals surface area contributed by atoms with Crippen LogP contribution in [0, 0.1) is 0 Å². The van der Waals surface area contributed by atoms with Gasteiger partial charge in [0.1, 0.15) is 17.7 Å². The summed E-state index contributed by atoms with van der Waals surface area (Å²) in [6.07, 6.45) is 6.51. The van der Waals surface area contributed by atoms with E-state index >= 15 is 0 Å². The van der Waals surface area contributed by atoms with Crippen molar-refractivity contribution in [2.75, 3.05) is 13.2 Å². The van der Waals surface area contributed by atoms with Gasteiger partial charge in [-0.1, -0.05) is 0 Å². The van der Waals surface area contributed by atoms with Crippen molar-refractivity contribution in [1.82, 2.24) is 19.9 Å². The molecule has 1 aliphatic heterocycles. The predicted octanol–water partition coefficient (Wildman–Crippen LogP) is 1.74. The van der Waals surface area contributed by atoms with Crippen molar-refractivity contribution in [2.45, 2.75) is 37.8 Å². The number of aromatic amines is 1. The molecule has 1 aliphatic carbocycles. The minimum Gasteiger partial charge on any atom is -0.371 e. The second-order valence-electron chi connectivity index (χ2n) is 6.09. The number of nitrogens with one attached hydrogen (secondary N) is 1. The van der Waals surface area contributed by atoms with E-state index in [1.54, 1.807) is 6.20 Å². The first-order chi connectivity index (χ1) is 10.2. The first-order valence-electron chi connectivity index (χ1n) is 7.42. The molecule has 1 N–H and O–H groups in total. The molecule has 3 heterocycles. The van der Waals surface area contributed by atoms with Gasteiger partial charge in [-0.2, -0.15) is 0 Å². The number of hydrogen-bond acceptors (Lipinski definition) is 4. The molecule has 1 spiro atoms. The third kappa shape index (κ3) is 1.93. The van der Waals surface area contributed by atoms with Gasteiger partial charge in [-0.25, -0.2) is 9.97 Å². The monoisotopic (exact) mass is 286 g/mol. The van der Waals surface area contributed by atoms with Crippen LogP contribution in [0.5, 0.6) is 0 Å². The van der Waals surface area contributed by atoms with Gasteiger partial charge in [-0.3, -0.25) is 4.79 Å². The van der Waals surface area contributed by atoms with Crippen LogP contribution in [0.4, 0.5) is 0 Å². The minimum absolute atomic E-state index is 0.0240. The number of aromatic nitrogens is 3. The Balaban J connectivity index is 1.68. The molecule has 2 aromatic heterocycles. The van der Waals surface area contributed by atoms with Crippen molar-refractivity contribution in [3.8, 4) is 0 Å². The van der Waals surface area contributed by atoms with Gasteiger partial charge in [-0.15, -0.1) is 0 Å². The fourth-order valence-corrected chi connectivity index (χ4v) is 3.22. The van der Waals surface area contributed by atoms with Crippen molar-refractivity contribution in [3.63, 3.8) is 0 Å². The van der Waals surface area contributed by atoms with Gasteiger partial charge in [0, 0.05) is 6.20 Å². The Hall–Kier alpha value is -1.95. The molecule has 1 unspecified atom stereocenters. The SMILES string of the molecule is CC1COC2(CCC2)CN1C(=O)c1ncnc2[nH]ccc12. The van der Waals surface area contributed by atoms with Crippen molar-refractivity contribution in [1.29, 1.82) is 0 Å². The molecule has 6 heteroatoms. The second kappa shape index (κ2) is 4.53. The zero-order valence-corrected chi connectivity index (χ0v) is 12.0. The average Bonchev–Trinajstić information content (AvgIpc) is 2.94. The Labute approximate surface area is 122 Å². The van der Waals surface area contributed by atoms with Crippen molar-refractivity contribution < 1.29 is 9.53 Å². The Morgan fingerprint density at radius 1 is 1.48 bits per heavy atom. The van der Waals surface area contributed by atoms with Gasteiger partial charge in [0.05, 0.1) is 30.2 Å². The maximum absolute atomic E-state index is 12.9. The molecule has 0 aromatic carbocycles. The summed E-state index contributed by atoms with van der Waals surface area (Å²) in [5, 5.41) is 0.781. The highest BCUT2D eigenvalue weighted by Gasteiger charge is 2.45. The Morgan fingerprint density at radius 3 is 3.10 bits per heavy atom. The first kappa shape index (κ1) is 12.8. The summed E-state index contributed by atoms with van der Waals surface area (Å²) < 4.78 is 5.97. The largest absolute Gasteiger partial charge is 0.371 e. The van der Waals surface area contributed by atoms with E-state index in [0.29, 0.717) is 24.5 Å². The molecule has 2 aromatic rings. The number of nitrogens with zero attached hydrogens (tertiary/aromatic N) is 3. The summed E-state index contributed by atoms with van der Waals surface area (Å²) in [4.78, 5) is 26.2. The summed E-state index contributed by atoms with van der Waals surface area (Å²) >= 11 is 0. The Morgan fingerprint density at radius 2 is 2.33 bits per heavy atom. The maximum Gasteiger partial charge on any atom is 0.273 e. The van der Waals surface area contributed by atoms with E-state index in [1.165, 1.54) is 12.7 Å². The van der Waals surface area contributed by atoms with Gasteiger partial charge in [0.15, 0.2) is 0 Å². The highest BCUT2D eigenvalue weighted by molar-refractivity contribution is 6.03. The smallest absolute Gasteiger partial charge is 0.273 e. The normalized spacial score (nSPS) is 24.2. The molecule has 1 saturated heterocycles. The lowest BCUT2D eigenvalue weighted by atomic mass is 9.78. The highest BCUT2D eigenvalue weighted by atomic mass is 16.5. The van der Waals surface area contributed by atoms with E-state index < -0.39 is 0 Å². The molecule has 2 aliphatic rings. The minimum atomic E-state index is -0.105. The zero-order chi connectivity index (χ0) is 14.4. The van der Waals surface area contributed by atoms with E-state index in [1.807, 2.05) is 17.9 Å². The van der Waals surface area contributed by atoms with E-state index in [0.717, 1.165) is 18.2 Å². The second-order valence-corrected chi connectivity index (χ2v) is 6.09. The number of fused-ring (bicyclic) bond motifs is 1. The van der Waals surface area contributed by atoms with Crippen molar-refractivity contribution in [3.05, 3.63) is 24.3 Å². The van der Waals surface area contributed by atoms with Crippen molar-refractivity contribution in [2.24, 2.45) is 0 Å². The summed E-state index contributed by atoms with van der Waals surface area (Å²) in [6, 6.07) is 1.93. The highest BCUT2D eigenvalue weighted by Crippen LogP contribution is 2.39. The molecule has 1 saturated carbocycles. The Bertz CT molecular complexity index is 692. The molecule has 0 bridgehead atoms. The van der Waals surface area contributed by atoms with Crippen LogP contribution >= 0.6 is 0 Å². The summed E-state index contributed by atoms with van der Waals surface area (Å²) in [7, 11) is 0. The van der Waals surface area contributed by atoms with Crippen molar-refractivity contribution >= 4 is 16.9 Å². The number of H-pyrrole nitrogens is 1. The average molecular weight is 286 g/mol. The molecular weight excluding hydrogens is 268 g/mol. The molecule has 21 heavy (non-hydrogen) atoms. The Kier molecular flexibility index (Phi) is 2.75. The molecule has 110 valence electrons. The van der Waals surface area contributed by atoms with Crippen LogP contribution in [0.1, 0.15) is 36.7 Å². The summed E-state index contributed by atoms with van der Waals surface area (Å²) in [5.41, 5.74) is 1.07. The summed E-state index contributed by atoms with van der Waals surface area (Å²) in [6.45, 7) is 3.30. The van der Waals surface area contributed by atoms with Crippen LogP contribution in [-0.4, -0.2) is 50.6 Å². The van der Waals surface area contributed by atoms with Crippen LogP contribution in [0.3, 0.4) is 0 Å². The zero-order valence-electron chi connectivity index (χ0n) is 12.0. The van der Waals surface area contributed by atoms with Crippen LogP contribution in [-0.2, 0) is 4.74 Å². The predicted molar refractivity (Wildman–Crippen MR) is 76.9 cm³/mol. The summed E-state index contributed by atoms with van der Waals surface area (Å²) in [5.74, 6) is -0.0240. The van der Waals surface area contributed by atoms with Gasteiger partial charge in [0.25, 0.3) is 5.91 Å². The van der Waals surface area contributed by atoms with Crippen LogP contribution < -0.4 is 0 Å². The number of amides is 1. The number of hydrogen-bond donors (Lipinski definition) is 1. The molecule has 2 fully saturated rings. The fourth-order valence-electron chi connectivity index (χ4n) is 3.22. The van der Waals surface area contributed by atoms with E-state index in [2.05, 4.69) is 15.0 Å². The number of carbonyl (C=O) groups excluding carboxylic acids is 1. The fraction of sp³-hybridized carbons (Fsp3) is 0.533. The molecule has 1 amide bonds. The molecule has 6 nitrogen and oxygen atoms in total. The van der Waals surface area contributed by atoms with E-state index in [4.69, 9.17) is 4.74 Å². The van der Waals surface area contributed by atoms with Crippen LogP contribution in [0.2, 0.25) is 0 Å². The quantitative estimate of drug-likeness (QED) is 0.867. The third-order valence-corrected chi connectivity index (χ3v) is 4.70. The van der Waals surface area contributed by atoms with Gasteiger partial charge < -0.3 is 14.6 Å². The van der Waals surface area contributed by atoms with Gasteiger partial charge >= 0.3 is 0 Å². The molecule has 4 rings (SSSR count). The lowest BCUT2D eigenvalue weighted by Gasteiger charge is -2.50. The number of carbonyl (C=O) groups is 1. The maximum atomic E-state index is 12.9. The third-order valence-electron chi connectivity index (χ3n) is 4.70. The lowest BCUT2D eigenvalue weighted by molar-refractivity contribution is -0.158. The number of ether oxygens (including phenoxy) is 1. The van der Waals surface area contributed by atoms with Gasteiger partial charge in [-0.05, 0) is 32.3 Å². The molecule has 0 radical (unpaired) electrons. The standard InChI is InChI=1S/C15H18N4O2/c1-10-7-21-15(4-2-5-15)8-19(10)14(20)12-11-3-6-16-13(11)18-9-17-12/h3,6,9-10H,2,4-5,7-8H2,1H3,(H,16,17,18). The van der Waals surface area contributed by atoms with Crippen LogP contribution in [0.15, 0.2) is 18.6 Å². The topological polar surface area (TPSA) is 71.1 Å². The molecule has 1 atom stereocenters. The number of morpholine rings is 1. The molecular formula is C15H18N4O2. The lowest BCUT2D eigenvalue weighted by Crippen LogP contribution is -2.60. The first-order valence-corrected chi connectivity index (χ1v) is 7.42. The van der Waals surface area contributed by atoms with E-state index in [9.17, 15) is 4.79 Å². The van der Waals surface area contributed by atoms with Gasteiger partial charge in [0.2, 0.25) is 0 Å². The van der Waals surface area contributed by atoms with Crippen LogP contribution in [0.25, 0.3) is 11.0 Å².